The van der Waals surface area contributed by atoms with Crippen molar-refractivity contribution in [3.63, 3.8) is 0 Å². The Morgan fingerprint density at radius 1 is 1.56 bits per heavy atom. The molecule has 1 saturated carbocycles. The largest absolute Gasteiger partial charge is 0.465 e. The van der Waals surface area contributed by atoms with Crippen LogP contribution in [0.1, 0.15) is 45.4 Å². The van der Waals surface area contributed by atoms with Crippen LogP contribution in [-0.4, -0.2) is 18.4 Å². The molecule has 0 aromatic heterocycles. The van der Waals surface area contributed by atoms with Gasteiger partial charge in [-0.1, -0.05) is 6.42 Å². The van der Waals surface area contributed by atoms with Gasteiger partial charge < -0.3 is 4.74 Å². The summed E-state index contributed by atoms with van der Waals surface area (Å²) in [5.41, 5.74) is -0.944. The summed E-state index contributed by atoms with van der Waals surface area (Å²) >= 11 is 0. The molecule has 0 aliphatic heterocycles. The molecule has 1 atom stereocenters. The smallest absolute Gasteiger partial charge is 0.319 e. The van der Waals surface area contributed by atoms with Crippen LogP contribution in [0.15, 0.2) is 0 Å². The Bertz CT molecular complexity index is 314. The van der Waals surface area contributed by atoms with Crippen LogP contribution >= 0.6 is 0 Å². The van der Waals surface area contributed by atoms with Crippen molar-refractivity contribution in [3.8, 4) is 12.3 Å². The van der Waals surface area contributed by atoms with E-state index in [9.17, 15) is 9.59 Å². The monoisotopic (exact) mass is 222 g/mol. The molecule has 1 aliphatic rings. The number of rotatable bonds is 4. The lowest BCUT2D eigenvalue weighted by Crippen LogP contribution is -2.42. The van der Waals surface area contributed by atoms with Crippen molar-refractivity contribution < 1.29 is 14.3 Å². The van der Waals surface area contributed by atoms with Crippen molar-refractivity contribution in [2.75, 3.05) is 6.61 Å². The lowest BCUT2D eigenvalue weighted by molar-refractivity contribution is -0.162. The highest BCUT2D eigenvalue weighted by Gasteiger charge is 2.47. The van der Waals surface area contributed by atoms with Crippen molar-refractivity contribution in [2.24, 2.45) is 5.41 Å². The number of hydrogen-bond acceptors (Lipinski definition) is 3. The standard InChI is InChI=1S/C13H18O3/c1-3-5-9-13(12(15)16-4-2)10-7-6-8-11(13)14/h1H,4-10H2,2H3. The zero-order valence-electron chi connectivity index (χ0n) is 9.75. The maximum Gasteiger partial charge on any atom is 0.319 e. The molecule has 0 heterocycles. The summed E-state index contributed by atoms with van der Waals surface area (Å²) in [5.74, 6) is 2.12. The third-order valence-electron chi connectivity index (χ3n) is 3.15. The van der Waals surface area contributed by atoms with E-state index in [4.69, 9.17) is 11.2 Å². The van der Waals surface area contributed by atoms with E-state index in [0.717, 1.165) is 12.8 Å². The van der Waals surface area contributed by atoms with Gasteiger partial charge in [0.05, 0.1) is 6.61 Å². The van der Waals surface area contributed by atoms with Gasteiger partial charge in [0.15, 0.2) is 0 Å². The molecule has 0 N–H and O–H groups in total. The highest BCUT2D eigenvalue weighted by atomic mass is 16.5. The molecule has 1 rings (SSSR count). The first kappa shape index (κ1) is 12.8. The number of hydrogen-bond donors (Lipinski definition) is 0. The van der Waals surface area contributed by atoms with Crippen LogP contribution in [-0.2, 0) is 14.3 Å². The maximum atomic E-state index is 12.0. The Kier molecular flexibility index (Phi) is 4.54. The van der Waals surface area contributed by atoms with Gasteiger partial charge in [0.2, 0.25) is 0 Å². The predicted molar refractivity (Wildman–Crippen MR) is 60.6 cm³/mol. The van der Waals surface area contributed by atoms with Crippen molar-refractivity contribution >= 4 is 11.8 Å². The van der Waals surface area contributed by atoms with Crippen molar-refractivity contribution in [2.45, 2.75) is 45.4 Å². The minimum atomic E-state index is -0.944. The number of terminal acetylenes is 1. The van der Waals surface area contributed by atoms with Crippen LogP contribution in [0.5, 0.6) is 0 Å². The van der Waals surface area contributed by atoms with Gasteiger partial charge in [-0.2, -0.15) is 0 Å². The molecule has 0 radical (unpaired) electrons. The average molecular weight is 222 g/mol. The van der Waals surface area contributed by atoms with Crippen LogP contribution in [0, 0.1) is 17.8 Å². The molecule has 0 saturated heterocycles. The Morgan fingerprint density at radius 3 is 2.88 bits per heavy atom. The number of esters is 1. The second-order valence-corrected chi connectivity index (χ2v) is 4.14. The molecule has 88 valence electrons. The van der Waals surface area contributed by atoms with Crippen LogP contribution < -0.4 is 0 Å². The van der Waals surface area contributed by atoms with Crippen molar-refractivity contribution in [1.29, 1.82) is 0 Å². The molecule has 0 aromatic carbocycles. The van der Waals surface area contributed by atoms with E-state index in [1.165, 1.54) is 0 Å². The molecule has 3 heteroatoms. The Labute approximate surface area is 96.5 Å². The van der Waals surface area contributed by atoms with Crippen LogP contribution in [0.2, 0.25) is 0 Å². The molecule has 0 bridgehead atoms. The lowest BCUT2D eigenvalue weighted by atomic mass is 9.70. The van der Waals surface area contributed by atoms with Gasteiger partial charge in [0.1, 0.15) is 11.2 Å². The predicted octanol–water partition coefficient (Wildman–Crippen LogP) is 2.09. The van der Waals surface area contributed by atoms with Crippen molar-refractivity contribution in [3.05, 3.63) is 0 Å². The van der Waals surface area contributed by atoms with Gasteiger partial charge in [0, 0.05) is 12.8 Å². The topological polar surface area (TPSA) is 43.4 Å². The summed E-state index contributed by atoms with van der Waals surface area (Å²) in [6.07, 6.45) is 8.93. The van der Waals surface area contributed by atoms with E-state index in [1.54, 1.807) is 6.92 Å². The Hall–Kier alpha value is -1.30. The molecule has 16 heavy (non-hydrogen) atoms. The third-order valence-corrected chi connectivity index (χ3v) is 3.15. The highest BCUT2D eigenvalue weighted by molar-refractivity contribution is 6.04. The first-order chi connectivity index (χ1) is 7.67. The average Bonchev–Trinajstić information content (AvgIpc) is 2.28. The third kappa shape index (κ3) is 2.44. The number of carbonyl (C=O) groups excluding carboxylic acids is 2. The SMILES string of the molecule is C#CCCC1(C(=O)OCC)CCCCC1=O. The van der Waals surface area contributed by atoms with Gasteiger partial charge in [0.25, 0.3) is 0 Å². The molecule has 0 spiro atoms. The maximum absolute atomic E-state index is 12.0. The fraction of sp³-hybridized carbons (Fsp3) is 0.692. The molecule has 0 amide bonds. The highest BCUT2D eigenvalue weighted by Crippen LogP contribution is 2.38. The summed E-state index contributed by atoms with van der Waals surface area (Å²) in [5, 5.41) is 0. The van der Waals surface area contributed by atoms with E-state index >= 15 is 0 Å². The molecular weight excluding hydrogens is 204 g/mol. The first-order valence-corrected chi connectivity index (χ1v) is 5.81. The van der Waals surface area contributed by atoms with Gasteiger partial charge in [-0.25, -0.2) is 0 Å². The normalized spacial score (nSPS) is 24.9. The molecule has 1 aliphatic carbocycles. The minimum Gasteiger partial charge on any atom is -0.465 e. The summed E-state index contributed by atoms with van der Waals surface area (Å²) in [6.45, 7) is 2.06. The van der Waals surface area contributed by atoms with Gasteiger partial charge in [-0.05, 0) is 26.2 Å². The molecule has 1 unspecified atom stereocenters. The first-order valence-electron chi connectivity index (χ1n) is 5.81. The van der Waals surface area contributed by atoms with E-state index in [2.05, 4.69) is 5.92 Å². The van der Waals surface area contributed by atoms with Crippen LogP contribution in [0.4, 0.5) is 0 Å². The van der Waals surface area contributed by atoms with Gasteiger partial charge in [-0.15, -0.1) is 12.3 Å². The Balaban J connectivity index is 2.86. The fourth-order valence-corrected chi connectivity index (χ4v) is 2.23. The second-order valence-electron chi connectivity index (χ2n) is 4.14. The zero-order valence-corrected chi connectivity index (χ0v) is 9.75. The van der Waals surface area contributed by atoms with E-state index < -0.39 is 5.41 Å². The number of ketones is 1. The Morgan fingerprint density at radius 2 is 2.31 bits per heavy atom. The van der Waals surface area contributed by atoms with Gasteiger partial charge >= 0.3 is 5.97 Å². The van der Waals surface area contributed by atoms with Crippen LogP contribution in [0.25, 0.3) is 0 Å². The second kappa shape index (κ2) is 5.69. The lowest BCUT2D eigenvalue weighted by Gasteiger charge is -2.32. The summed E-state index contributed by atoms with van der Waals surface area (Å²) in [7, 11) is 0. The van der Waals surface area contributed by atoms with Crippen LogP contribution in [0.3, 0.4) is 0 Å². The summed E-state index contributed by atoms with van der Waals surface area (Å²) < 4.78 is 5.02. The fourth-order valence-electron chi connectivity index (χ4n) is 2.23. The number of carbonyl (C=O) groups is 2. The minimum absolute atomic E-state index is 0.00690. The molecular formula is C13H18O3. The zero-order chi connectivity index (χ0) is 12.0. The molecule has 1 fully saturated rings. The van der Waals surface area contributed by atoms with E-state index in [-0.39, 0.29) is 11.8 Å². The van der Waals surface area contributed by atoms with E-state index in [0.29, 0.717) is 32.3 Å². The molecule has 3 nitrogen and oxygen atoms in total. The van der Waals surface area contributed by atoms with E-state index in [1.807, 2.05) is 0 Å². The number of ether oxygens (including phenoxy) is 1. The van der Waals surface area contributed by atoms with Gasteiger partial charge in [-0.3, -0.25) is 9.59 Å². The number of Topliss-reactive ketones (excluding diaryl/α,β-unsaturated/α-hetero) is 1. The molecule has 0 aromatic rings. The quantitative estimate of drug-likeness (QED) is 0.415. The summed E-state index contributed by atoms with van der Waals surface area (Å²) in [6, 6.07) is 0. The van der Waals surface area contributed by atoms with Crippen molar-refractivity contribution in [1.82, 2.24) is 0 Å². The summed E-state index contributed by atoms with van der Waals surface area (Å²) in [4.78, 5) is 23.9.